The van der Waals surface area contributed by atoms with E-state index in [1.807, 2.05) is 0 Å². The maximum Gasteiger partial charge on any atom is 0.144 e. The van der Waals surface area contributed by atoms with Crippen LogP contribution in [0.15, 0.2) is 361 Å². The molecule has 20 aromatic carbocycles. The van der Waals surface area contributed by atoms with Crippen molar-refractivity contribution in [1.29, 1.82) is 0 Å². The van der Waals surface area contributed by atoms with Crippen LogP contribution < -0.4 is 0 Å². The van der Waals surface area contributed by atoms with Crippen molar-refractivity contribution in [3.63, 3.8) is 0 Å². The van der Waals surface area contributed by atoms with Gasteiger partial charge < -0.3 is 8.83 Å². The molecule has 0 saturated heterocycles. The van der Waals surface area contributed by atoms with E-state index in [9.17, 15) is 0 Å². The first-order valence-electron chi connectivity index (χ1n) is 39.3. The van der Waals surface area contributed by atoms with Gasteiger partial charge in [0, 0.05) is 48.7 Å². The molecule has 2 aliphatic rings. The maximum atomic E-state index is 7.61. The molecule has 0 N–H and O–H groups in total. The number of rotatable bonds is 7. The molecule has 0 saturated carbocycles. The largest absolute Gasteiger partial charge is 0.455 e. The van der Waals surface area contributed by atoms with Crippen molar-refractivity contribution in [1.82, 2.24) is 0 Å². The van der Waals surface area contributed by atoms with Crippen LogP contribution in [0.5, 0.6) is 0 Å². The molecule has 0 atom stereocenters. The summed E-state index contributed by atoms with van der Waals surface area (Å²) in [5.41, 5.74) is 29.9. The molecule has 2 aromatic heterocycles. The molecule has 522 valence electrons. The SMILES string of the molecule is CC1(C)c2ccccc2-c2c1cc(-c1ccc(-c3c4ccccc4c(-c4ccc5ccccc5c4)c4ccccc34)cc1)c1c2oc2c3ccc(-c4cccc5c4C(C)(C)c4c-5cc5oc6c7ccccc7ccc6c5c4-c4ccc(-c5c6ccccc6c(-c6ccc7ccccc7c6)c6ccccc56)cc4)cc3ccc21. The zero-order valence-corrected chi connectivity index (χ0v) is 62.3. The van der Waals surface area contributed by atoms with E-state index >= 15 is 0 Å². The van der Waals surface area contributed by atoms with Crippen LogP contribution in [0.25, 0.3) is 230 Å². The van der Waals surface area contributed by atoms with Crippen molar-refractivity contribution >= 4 is 130 Å². The standard InChI is InChI=1S/C110H70O2/c1-109(2)93-39-20-19-36-88(93)102-94(109)61-91(66-42-44-67(45-43-66)96-79-28-11-15-32-83(79)98(84-33-16-12-29-80(84)96)74-50-40-63-22-5-7-25-70(63)58-74)101-89-57-54-73-60-72(53-55-78(73)107(89)112-108(101)102)76-37-21-38-87-92-62-95-103(90-56-52-65-24-9-10-27-77(65)106(90)111-95)100(105(92)110(3,4)104(76)87)69-48-46-68(47-49-69)97-81-30-13-17-34-85(81)99(86-35-18-14-31-82(86)97)75-51-41-64-23-6-8-26-71(64)59-75/h5-62H,1-4H3. The minimum absolute atomic E-state index is 0.268. The lowest BCUT2D eigenvalue weighted by Gasteiger charge is -2.27. The van der Waals surface area contributed by atoms with Crippen LogP contribution in [-0.2, 0) is 10.8 Å². The molecule has 0 unspecified atom stereocenters. The first-order valence-corrected chi connectivity index (χ1v) is 39.3. The van der Waals surface area contributed by atoms with Gasteiger partial charge in [-0.25, -0.2) is 0 Å². The first kappa shape index (κ1) is 63.1. The Balaban J connectivity index is 0.648. The van der Waals surface area contributed by atoms with Crippen molar-refractivity contribution in [2.45, 2.75) is 38.5 Å². The summed E-state index contributed by atoms with van der Waals surface area (Å²) in [5, 5.41) is 23.9. The molecular formula is C110H70O2. The van der Waals surface area contributed by atoms with Gasteiger partial charge in [-0.3, -0.25) is 0 Å². The molecule has 0 amide bonds. The molecule has 0 bridgehead atoms. The fourth-order valence-electron chi connectivity index (χ4n) is 20.7. The van der Waals surface area contributed by atoms with Gasteiger partial charge in [0.05, 0.1) is 0 Å². The molecule has 0 aliphatic heterocycles. The summed E-state index contributed by atoms with van der Waals surface area (Å²) in [5.74, 6) is 0. The molecule has 0 spiro atoms. The van der Waals surface area contributed by atoms with Gasteiger partial charge in [-0.05, 0) is 241 Å². The fraction of sp³-hybridized carbons (Fsp3) is 0.0545. The van der Waals surface area contributed by atoms with E-state index in [4.69, 9.17) is 8.83 Å². The van der Waals surface area contributed by atoms with E-state index < -0.39 is 5.41 Å². The molecule has 24 rings (SSSR count). The minimum Gasteiger partial charge on any atom is -0.455 e. The molecule has 112 heavy (non-hydrogen) atoms. The van der Waals surface area contributed by atoms with Gasteiger partial charge in [-0.15, -0.1) is 0 Å². The van der Waals surface area contributed by atoms with Gasteiger partial charge in [-0.1, -0.05) is 331 Å². The van der Waals surface area contributed by atoms with Crippen molar-refractivity contribution in [2.24, 2.45) is 0 Å². The summed E-state index contributed by atoms with van der Waals surface area (Å²) in [4.78, 5) is 0. The topological polar surface area (TPSA) is 26.3 Å². The lowest BCUT2D eigenvalue weighted by molar-refractivity contribution is 0.654. The van der Waals surface area contributed by atoms with E-state index in [-0.39, 0.29) is 5.41 Å². The number of benzene rings is 20. The van der Waals surface area contributed by atoms with Gasteiger partial charge in [0.2, 0.25) is 0 Å². The van der Waals surface area contributed by atoms with Gasteiger partial charge >= 0.3 is 0 Å². The quantitative estimate of drug-likeness (QED) is 0.149. The Hall–Kier alpha value is -13.9. The van der Waals surface area contributed by atoms with Crippen LogP contribution in [-0.4, -0.2) is 0 Å². The van der Waals surface area contributed by atoms with Crippen LogP contribution in [0.4, 0.5) is 0 Å². The minimum atomic E-state index is -0.462. The van der Waals surface area contributed by atoms with E-state index in [2.05, 4.69) is 380 Å². The molecule has 22 aromatic rings. The van der Waals surface area contributed by atoms with Crippen LogP contribution in [0.1, 0.15) is 49.9 Å². The fourth-order valence-corrected chi connectivity index (χ4v) is 20.7. The van der Waals surface area contributed by atoms with E-state index in [1.54, 1.807) is 0 Å². The zero-order chi connectivity index (χ0) is 74.0. The second-order valence-electron chi connectivity index (χ2n) is 32.3. The summed E-state index contributed by atoms with van der Waals surface area (Å²) in [6, 6.07) is 132. The average Bonchev–Trinajstić information content (AvgIpc) is 1.53. The lowest BCUT2D eigenvalue weighted by Crippen LogP contribution is -2.17. The Labute approximate surface area is 647 Å². The second kappa shape index (κ2) is 23.3. The predicted octanol–water partition coefficient (Wildman–Crippen LogP) is 31.0. The maximum absolute atomic E-state index is 7.61. The summed E-state index contributed by atoms with van der Waals surface area (Å²) < 4.78 is 14.9. The van der Waals surface area contributed by atoms with Crippen LogP contribution in [0.2, 0.25) is 0 Å². The van der Waals surface area contributed by atoms with Gasteiger partial charge in [0.1, 0.15) is 22.3 Å². The second-order valence-corrected chi connectivity index (χ2v) is 32.3. The first-order chi connectivity index (χ1) is 55.1. The smallest absolute Gasteiger partial charge is 0.144 e. The number of fused-ring (bicyclic) bond motifs is 23. The van der Waals surface area contributed by atoms with Gasteiger partial charge in [0.15, 0.2) is 0 Å². The van der Waals surface area contributed by atoms with Crippen molar-refractivity contribution in [3.8, 4) is 100 Å². The molecule has 2 heteroatoms. The summed E-state index contributed by atoms with van der Waals surface area (Å²) in [6.07, 6.45) is 0. The summed E-state index contributed by atoms with van der Waals surface area (Å²) in [6.45, 7) is 9.66. The highest BCUT2D eigenvalue weighted by molar-refractivity contribution is 6.27. The van der Waals surface area contributed by atoms with E-state index in [0.29, 0.717) is 0 Å². The highest BCUT2D eigenvalue weighted by Crippen LogP contribution is 2.60. The lowest BCUT2D eigenvalue weighted by atomic mass is 9.75. The Morgan fingerprint density at radius 3 is 1.15 bits per heavy atom. The molecule has 2 nitrogen and oxygen atoms in total. The van der Waals surface area contributed by atoms with E-state index in [0.717, 1.165) is 76.5 Å². The monoisotopic (exact) mass is 1420 g/mol. The third kappa shape index (κ3) is 8.86. The Morgan fingerprint density at radius 2 is 0.580 bits per heavy atom. The number of hydrogen-bond acceptors (Lipinski definition) is 2. The average molecular weight is 1420 g/mol. The van der Waals surface area contributed by atoms with Crippen molar-refractivity contribution in [3.05, 3.63) is 374 Å². The molecule has 0 fully saturated rings. The summed E-state index contributed by atoms with van der Waals surface area (Å²) in [7, 11) is 0. The van der Waals surface area contributed by atoms with Crippen molar-refractivity contribution in [2.75, 3.05) is 0 Å². The van der Waals surface area contributed by atoms with Crippen molar-refractivity contribution < 1.29 is 8.83 Å². The highest BCUT2D eigenvalue weighted by Gasteiger charge is 2.43. The van der Waals surface area contributed by atoms with Crippen LogP contribution in [0, 0.1) is 0 Å². The third-order valence-corrected chi connectivity index (χ3v) is 25.7. The summed E-state index contributed by atoms with van der Waals surface area (Å²) >= 11 is 0. The normalized spacial score (nSPS) is 13.5. The van der Waals surface area contributed by atoms with Crippen LogP contribution >= 0.6 is 0 Å². The molecular weight excluding hydrogens is 1350 g/mol. The predicted molar refractivity (Wildman–Crippen MR) is 474 cm³/mol. The van der Waals surface area contributed by atoms with Gasteiger partial charge in [0.25, 0.3) is 0 Å². The number of hydrogen-bond donors (Lipinski definition) is 0. The number of furan rings is 2. The molecule has 0 radical (unpaired) electrons. The van der Waals surface area contributed by atoms with E-state index in [1.165, 1.54) is 176 Å². The molecule has 2 heterocycles. The molecule has 2 aliphatic carbocycles. The Morgan fingerprint density at radius 1 is 0.188 bits per heavy atom. The Kier molecular flexibility index (Phi) is 13.1. The van der Waals surface area contributed by atoms with Crippen LogP contribution in [0.3, 0.4) is 0 Å². The third-order valence-electron chi connectivity index (χ3n) is 25.7. The van der Waals surface area contributed by atoms with Gasteiger partial charge in [-0.2, -0.15) is 0 Å². The Bertz CT molecular complexity index is 7790. The highest BCUT2D eigenvalue weighted by atomic mass is 16.3. The zero-order valence-electron chi connectivity index (χ0n) is 62.3.